The minimum atomic E-state index is -1.01. The number of methoxy groups -OCH3 is 4. The molecule has 0 saturated carbocycles. The van der Waals surface area contributed by atoms with E-state index in [9.17, 15) is 9.59 Å². The van der Waals surface area contributed by atoms with Gasteiger partial charge in [-0.15, -0.1) is 0 Å². The third-order valence-corrected chi connectivity index (χ3v) is 6.02. The molecule has 0 radical (unpaired) electrons. The SMILES string of the molecule is COc1ccc(/C=C\c2cc(OC)c(OC)c(OC)c2)cc1NC(=O)[C@@H]1COC(C)(C)N1C(=O)OC(C)(C)C. The average Bonchev–Trinajstić information content (AvgIpc) is 3.20. The summed E-state index contributed by atoms with van der Waals surface area (Å²) in [7, 11) is 6.19. The molecular weight excluding hydrogens is 504 g/mol. The van der Waals surface area contributed by atoms with Crippen LogP contribution in [0.15, 0.2) is 30.3 Å². The molecule has 1 aliphatic heterocycles. The highest BCUT2D eigenvalue weighted by Crippen LogP contribution is 2.39. The van der Waals surface area contributed by atoms with Gasteiger partial charge in [0.15, 0.2) is 11.5 Å². The van der Waals surface area contributed by atoms with Crippen molar-refractivity contribution < 1.29 is 38.0 Å². The molecule has 0 aliphatic carbocycles. The van der Waals surface area contributed by atoms with Crippen LogP contribution in [0, 0.1) is 0 Å². The summed E-state index contributed by atoms with van der Waals surface area (Å²) in [5, 5.41) is 2.90. The normalized spacial score (nSPS) is 16.6. The van der Waals surface area contributed by atoms with E-state index in [1.807, 2.05) is 30.4 Å². The molecule has 0 unspecified atom stereocenters. The number of benzene rings is 2. The molecule has 0 spiro atoms. The van der Waals surface area contributed by atoms with Crippen LogP contribution in [-0.4, -0.2) is 69.3 Å². The second-order valence-electron chi connectivity index (χ2n) is 10.4. The molecule has 1 atom stereocenters. The standard InChI is InChI=1S/C29H38N2O8/c1-28(2,3)39-27(33)31-21(17-38-29(31,4)5)26(32)30-20-14-18(12-13-22(20)34-6)10-11-19-15-23(35-7)25(37-9)24(16-19)36-8/h10-16,21H,17H2,1-9H3,(H,30,32)/b11-10-/t21-/m0/s1. The predicted molar refractivity (Wildman–Crippen MR) is 149 cm³/mol. The molecule has 1 saturated heterocycles. The highest BCUT2D eigenvalue weighted by atomic mass is 16.6. The number of hydrogen-bond acceptors (Lipinski definition) is 8. The summed E-state index contributed by atoms with van der Waals surface area (Å²) in [4.78, 5) is 27.7. The number of hydrogen-bond donors (Lipinski definition) is 1. The summed E-state index contributed by atoms with van der Waals surface area (Å²) in [6.07, 6.45) is 3.14. The zero-order valence-corrected chi connectivity index (χ0v) is 24.0. The van der Waals surface area contributed by atoms with Gasteiger partial charge in [-0.25, -0.2) is 4.79 Å². The van der Waals surface area contributed by atoms with Crippen molar-refractivity contribution in [2.45, 2.75) is 52.0 Å². The summed E-state index contributed by atoms with van der Waals surface area (Å²) in [6.45, 7) is 8.78. The van der Waals surface area contributed by atoms with E-state index in [4.69, 9.17) is 28.4 Å². The van der Waals surface area contributed by atoms with Crippen molar-refractivity contribution >= 4 is 29.8 Å². The highest BCUT2D eigenvalue weighted by Gasteiger charge is 2.48. The van der Waals surface area contributed by atoms with E-state index >= 15 is 0 Å². The molecule has 0 aromatic heterocycles. The Hall–Kier alpha value is -3.92. The quantitative estimate of drug-likeness (QED) is 0.454. The minimum Gasteiger partial charge on any atom is -0.495 e. The zero-order valence-electron chi connectivity index (χ0n) is 24.0. The smallest absolute Gasteiger partial charge is 0.413 e. The van der Waals surface area contributed by atoms with E-state index in [0.29, 0.717) is 28.7 Å². The van der Waals surface area contributed by atoms with Crippen LogP contribution in [0.4, 0.5) is 10.5 Å². The van der Waals surface area contributed by atoms with Crippen LogP contribution < -0.4 is 24.3 Å². The van der Waals surface area contributed by atoms with E-state index in [0.717, 1.165) is 11.1 Å². The Morgan fingerprint density at radius 3 is 2.05 bits per heavy atom. The Morgan fingerprint density at radius 1 is 0.923 bits per heavy atom. The second kappa shape index (κ2) is 11.9. The predicted octanol–water partition coefficient (Wildman–Crippen LogP) is 5.20. The van der Waals surface area contributed by atoms with Crippen LogP contribution in [0.2, 0.25) is 0 Å². The van der Waals surface area contributed by atoms with Gasteiger partial charge in [-0.2, -0.15) is 0 Å². The topological polar surface area (TPSA) is 105 Å². The minimum absolute atomic E-state index is 0.0289. The first-order valence-corrected chi connectivity index (χ1v) is 12.5. The van der Waals surface area contributed by atoms with Crippen molar-refractivity contribution in [3.63, 3.8) is 0 Å². The van der Waals surface area contributed by atoms with Gasteiger partial charge in [-0.1, -0.05) is 18.2 Å². The molecule has 2 aromatic rings. The molecular formula is C29H38N2O8. The summed E-state index contributed by atoms with van der Waals surface area (Å²) in [6, 6.07) is 8.17. The third-order valence-electron chi connectivity index (χ3n) is 6.02. The number of ether oxygens (including phenoxy) is 6. The van der Waals surface area contributed by atoms with Gasteiger partial charge in [0.25, 0.3) is 0 Å². The van der Waals surface area contributed by atoms with Gasteiger partial charge in [0.1, 0.15) is 23.1 Å². The second-order valence-corrected chi connectivity index (χ2v) is 10.4. The lowest BCUT2D eigenvalue weighted by atomic mass is 10.1. The fourth-order valence-corrected chi connectivity index (χ4v) is 4.19. The Labute approximate surface area is 229 Å². The fraction of sp³-hybridized carbons (Fsp3) is 0.448. The summed E-state index contributed by atoms with van der Waals surface area (Å²) < 4.78 is 33.0. The first kappa shape index (κ1) is 29.6. The maximum atomic E-state index is 13.4. The summed E-state index contributed by atoms with van der Waals surface area (Å²) >= 11 is 0. The van der Waals surface area contributed by atoms with Crippen molar-refractivity contribution in [3.8, 4) is 23.0 Å². The van der Waals surface area contributed by atoms with Gasteiger partial charge in [0.2, 0.25) is 11.7 Å². The molecule has 212 valence electrons. The first-order chi connectivity index (χ1) is 18.3. The maximum Gasteiger partial charge on any atom is 0.413 e. The van der Waals surface area contributed by atoms with Crippen LogP contribution in [0.25, 0.3) is 12.2 Å². The van der Waals surface area contributed by atoms with Gasteiger partial charge in [0, 0.05) is 0 Å². The Balaban J connectivity index is 1.86. The van der Waals surface area contributed by atoms with Crippen LogP contribution in [-0.2, 0) is 14.3 Å². The summed E-state index contributed by atoms with van der Waals surface area (Å²) in [5.74, 6) is 1.63. The zero-order chi connectivity index (χ0) is 29.0. The van der Waals surface area contributed by atoms with Crippen molar-refractivity contribution in [1.29, 1.82) is 0 Å². The average molecular weight is 543 g/mol. The Kier molecular flexibility index (Phi) is 9.01. The monoisotopic (exact) mass is 542 g/mol. The molecule has 3 rings (SSSR count). The van der Waals surface area contributed by atoms with Gasteiger partial charge in [-0.05, 0) is 70.0 Å². The molecule has 2 amide bonds. The third kappa shape index (κ3) is 6.94. The number of nitrogens with zero attached hydrogens (tertiary/aromatic N) is 1. The van der Waals surface area contributed by atoms with Gasteiger partial charge < -0.3 is 33.7 Å². The first-order valence-electron chi connectivity index (χ1n) is 12.5. The lowest BCUT2D eigenvalue weighted by Crippen LogP contribution is -2.53. The van der Waals surface area contributed by atoms with Crippen molar-refractivity contribution in [3.05, 3.63) is 41.5 Å². The number of amides is 2. The molecule has 39 heavy (non-hydrogen) atoms. The van der Waals surface area contributed by atoms with Crippen molar-refractivity contribution in [2.24, 2.45) is 0 Å². The molecule has 2 aromatic carbocycles. The number of carbonyl (C=O) groups is 2. The van der Waals surface area contributed by atoms with Crippen LogP contribution in [0.5, 0.6) is 23.0 Å². The number of carbonyl (C=O) groups excluding carboxylic acids is 2. The molecule has 1 fully saturated rings. The molecule has 10 heteroatoms. The molecule has 1 heterocycles. The van der Waals surface area contributed by atoms with Gasteiger partial charge >= 0.3 is 6.09 Å². The summed E-state index contributed by atoms with van der Waals surface area (Å²) in [5.41, 5.74) is 0.331. The van der Waals surface area contributed by atoms with Gasteiger partial charge in [0.05, 0.1) is 40.7 Å². The van der Waals surface area contributed by atoms with Gasteiger partial charge in [-0.3, -0.25) is 9.69 Å². The fourth-order valence-electron chi connectivity index (χ4n) is 4.19. The largest absolute Gasteiger partial charge is 0.495 e. The van der Waals surface area contributed by atoms with E-state index in [1.54, 1.807) is 68.1 Å². The number of rotatable bonds is 8. The lowest BCUT2D eigenvalue weighted by molar-refractivity contribution is -0.121. The van der Waals surface area contributed by atoms with Crippen LogP contribution >= 0.6 is 0 Å². The van der Waals surface area contributed by atoms with E-state index in [2.05, 4.69) is 5.32 Å². The highest BCUT2D eigenvalue weighted by molar-refractivity contribution is 5.98. The molecule has 10 nitrogen and oxygen atoms in total. The van der Waals surface area contributed by atoms with Crippen molar-refractivity contribution in [1.82, 2.24) is 4.90 Å². The lowest BCUT2D eigenvalue weighted by Gasteiger charge is -2.34. The van der Waals surface area contributed by atoms with Crippen LogP contribution in [0.1, 0.15) is 45.7 Å². The van der Waals surface area contributed by atoms with Crippen LogP contribution in [0.3, 0.4) is 0 Å². The number of anilines is 1. The van der Waals surface area contributed by atoms with E-state index in [-0.39, 0.29) is 6.61 Å². The number of nitrogens with one attached hydrogen (secondary N) is 1. The molecule has 1 N–H and O–H groups in total. The maximum absolute atomic E-state index is 13.4. The molecule has 0 bridgehead atoms. The van der Waals surface area contributed by atoms with Crippen molar-refractivity contribution in [2.75, 3.05) is 40.4 Å². The van der Waals surface area contributed by atoms with E-state index in [1.165, 1.54) is 12.0 Å². The molecule has 1 aliphatic rings. The Bertz CT molecular complexity index is 1210. The van der Waals surface area contributed by atoms with E-state index < -0.39 is 29.4 Å². The Morgan fingerprint density at radius 2 is 1.51 bits per heavy atom.